The second-order valence-electron chi connectivity index (χ2n) is 4.59. The molecule has 7 heteroatoms. The molecule has 0 spiro atoms. The minimum absolute atomic E-state index is 0.295. The van der Waals surface area contributed by atoms with Gasteiger partial charge in [0.25, 0.3) is 0 Å². The Labute approximate surface area is 149 Å². The van der Waals surface area contributed by atoms with Gasteiger partial charge in [-0.3, -0.25) is 0 Å². The van der Waals surface area contributed by atoms with Gasteiger partial charge in [0.15, 0.2) is 12.2 Å². The first kappa shape index (κ1) is 19.5. The second-order valence-corrected chi connectivity index (χ2v) is 5.67. The number of hydrogen-bond donors (Lipinski definition) is 0. The van der Waals surface area contributed by atoms with Crippen molar-refractivity contribution < 1.29 is 28.5 Å². The Bertz CT molecular complexity index is 501. The molecule has 0 fully saturated rings. The fraction of sp³-hybridized carbons (Fsp3) is 0.500. The lowest BCUT2D eigenvalue weighted by Gasteiger charge is -2.18. The molecule has 0 bridgehead atoms. The number of hydrogen-bond acceptors (Lipinski definition) is 6. The highest BCUT2D eigenvalue weighted by Crippen LogP contribution is 2.31. The van der Waals surface area contributed by atoms with E-state index < -0.39 is 24.1 Å². The fourth-order valence-corrected chi connectivity index (χ4v) is 2.28. The summed E-state index contributed by atoms with van der Waals surface area (Å²) in [7, 11) is 0. The number of halogens is 1. The van der Waals surface area contributed by atoms with E-state index in [1.807, 2.05) is 22.6 Å². The highest BCUT2D eigenvalue weighted by atomic mass is 127. The van der Waals surface area contributed by atoms with Gasteiger partial charge in [0.05, 0.1) is 16.8 Å². The molecule has 6 nitrogen and oxygen atoms in total. The SMILES string of the molecule is CCOC(=O)[C@@H](C)Oc1cccc(O[C@H](C)C(=O)OCC)c1I. The van der Waals surface area contributed by atoms with Crippen LogP contribution in [-0.4, -0.2) is 37.4 Å². The van der Waals surface area contributed by atoms with Crippen molar-refractivity contribution in [2.24, 2.45) is 0 Å². The van der Waals surface area contributed by atoms with Gasteiger partial charge < -0.3 is 18.9 Å². The van der Waals surface area contributed by atoms with Crippen LogP contribution in [0.4, 0.5) is 0 Å². The third-order valence-corrected chi connectivity index (χ3v) is 3.84. The van der Waals surface area contributed by atoms with E-state index in [9.17, 15) is 9.59 Å². The Balaban J connectivity index is 2.82. The van der Waals surface area contributed by atoms with Crippen LogP contribution in [0, 0.1) is 3.57 Å². The van der Waals surface area contributed by atoms with E-state index in [-0.39, 0.29) is 0 Å². The van der Waals surface area contributed by atoms with Gasteiger partial charge in [-0.05, 0) is 62.4 Å². The van der Waals surface area contributed by atoms with Gasteiger partial charge in [-0.2, -0.15) is 0 Å². The van der Waals surface area contributed by atoms with Crippen LogP contribution in [0.2, 0.25) is 0 Å². The van der Waals surface area contributed by atoms with Crippen LogP contribution in [0.25, 0.3) is 0 Å². The average molecular weight is 436 g/mol. The first-order chi connectivity index (χ1) is 10.9. The molecule has 1 rings (SSSR count). The van der Waals surface area contributed by atoms with Crippen LogP contribution in [0.1, 0.15) is 27.7 Å². The molecule has 2 atom stereocenters. The maximum Gasteiger partial charge on any atom is 0.347 e. The molecule has 128 valence electrons. The van der Waals surface area contributed by atoms with Crippen LogP contribution < -0.4 is 9.47 Å². The topological polar surface area (TPSA) is 71.1 Å². The summed E-state index contributed by atoms with van der Waals surface area (Å²) in [6.07, 6.45) is -1.47. The minimum atomic E-state index is -0.735. The summed E-state index contributed by atoms with van der Waals surface area (Å²) in [5.41, 5.74) is 0. The molecule has 0 aliphatic carbocycles. The molecule has 0 unspecified atom stereocenters. The van der Waals surface area contributed by atoms with E-state index >= 15 is 0 Å². The van der Waals surface area contributed by atoms with E-state index in [4.69, 9.17) is 18.9 Å². The summed E-state index contributed by atoms with van der Waals surface area (Å²) in [5, 5.41) is 0. The molecule has 0 radical (unpaired) electrons. The lowest BCUT2D eigenvalue weighted by Crippen LogP contribution is -2.27. The highest BCUT2D eigenvalue weighted by Gasteiger charge is 2.21. The van der Waals surface area contributed by atoms with E-state index in [0.717, 1.165) is 0 Å². The molecule has 0 amide bonds. The average Bonchev–Trinajstić information content (AvgIpc) is 2.51. The van der Waals surface area contributed by atoms with E-state index in [0.29, 0.717) is 28.3 Å². The Morgan fingerprint density at radius 3 is 1.70 bits per heavy atom. The summed E-state index contributed by atoms with van der Waals surface area (Å²) >= 11 is 2.04. The molecule has 0 aliphatic rings. The zero-order chi connectivity index (χ0) is 17.4. The number of carbonyl (C=O) groups excluding carboxylic acids is 2. The first-order valence-electron chi connectivity index (χ1n) is 7.35. The predicted molar refractivity (Wildman–Crippen MR) is 92.6 cm³/mol. The van der Waals surface area contributed by atoms with Crippen LogP contribution in [0.5, 0.6) is 11.5 Å². The Morgan fingerprint density at radius 1 is 0.957 bits per heavy atom. The van der Waals surface area contributed by atoms with E-state index in [2.05, 4.69) is 0 Å². The quantitative estimate of drug-likeness (QED) is 0.461. The zero-order valence-electron chi connectivity index (χ0n) is 13.6. The zero-order valence-corrected chi connectivity index (χ0v) is 15.8. The maximum absolute atomic E-state index is 11.6. The molecule has 0 N–H and O–H groups in total. The Kier molecular flexibility index (Phi) is 8.15. The van der Waals surface area contributed by atoms with Crippen molar-refractivity contribution in [2.75, 3.05) is 13.2 Å². The van der Waals surface area contributed by atoms with Gasteiger partial charge in [0.2, 0.25) is 0 Å². The number of rotatable bonds is 8. The number of benzene rings is 1. The van der Waals surface area contributed by atoms with Crippen molar-refractivity contribution in [2.45, 2.75) is 39.9 Å². The Hall–Kier alpha value is -1.51. The summed E-state index contributed by atoms with van der Waals surface area (Å²) in [5.74, 6) is 0.100. The second kappa shape index (κ2) is 9.59. The molecule has 1 aromatic rings. The predicted octanol–water partition coefficient (Wildman–Crippen LogP) is 2.95. The maximum atomic E-state index is 11.6. The molecule has 0 aliphatic heterocycles. The van der Waals surface area contributed by atoms with E-state index in [1.165, 1.54) is 0 Å². The van der Waals surface area contributed by atoms with E-state index in [1.54, 1.807) is 45.9 Å². The monoisotopic (exact) mass is 436 g/mol. The normalized spacial score (nSPS) is 12.9. The van der Waals surface area contributed by atoms with Crippen molar-refractivity contribution >= 4 is 34.5 Å². The molecule has 0 saturated heterocycles. The molecule has 23 heavy (non-hydrogen) atoms. The molecular weight excluding hydrogens is 415 g/mol. The van der Waals surface area contributed by atoms with Crippen LogP contribution in [0.3, 0.4) is 0 Å². The number of ether oxygens (including phenoxy) is 4. The standard InChI is InChI=1S/C16H21IO6/c1-5-20-15(18)10(3)22-12-8-7-9-13(14(12)17)23-11(4)16(19)21-6-2/h7-11H,5-6H2,1-4H3/t10-,11-/m1/s1. The van der Waals surface area contributed by atoms with Crippen molar-refractivity contribution in [3.8, 4) is 11.5 Å². The van der Waals surface area contributed by atoms with Gasteiger partial charge in [-0.25, -0.2) is 9.59 Å². The summed E-state index contributed by atoms with van der Waals surface area (Å²) in [6, 6.07) is 5.17. The summed E-state index contributed by atoms with van der Waals surface area (Å²) in [4.78, 5) is 23.3. The fourth-order valence-electron chi connectivity index (χ4n) is 1.67. The van der Waals surface area contributed by atoms with Crippen molar-refractivity contribution in [1.29, 1.82) is 0 Å². The third-order valence-electron chi connectivity index (χ3n) is 2.77. The van der Waals surface area contributed by atoms with Gasteiger partial charge in [0, 0.05) is 0 Å². The van der Waals surface area contributed by atoms with Gasteiger partial charge >= 0.3 is 11.9 Å². The summed E-state index contributed by atoms with van der Waals surface area (Å²) in [6.45, 7) is 7.29. The largest absolute Gasteiger partial charge is 0.478 e. The number of esters is 2. The molecule has 1 aromatic carbocycles. The molecule has 0 aromatic heterocycles. The third kappa shape index (κ3) is 5.89. The smallest absolute Gasteiger partial charge is 0.347 e. The Morgan fingerprint density at radius 2 is 1.35 bits per heavy atom. The number of carbonyl (C=O) groups is 2. The van der Waals surface area contributed by atoms with Crippen molar-refractivity contribution in [3.05, 3.63) is 21.8 Å². The van der Waals surface area contributed by atoms with Crippen LogP contribution in [-0.2, 0) is 19.1 Å². The lowest BCUT2D eigenvalue weighted by molar-refractivity contribution is -0.151. The van der Waals surface area contributed by atoms with Crippen LogP contribution >= 0.6 is 22.6 Å². The van der Waals surface area contributed by atoms with Crippen molar-refractivity contribution in [1.82, 2.24) is 0 Å². The highest BCUT2D eigenvalue weighted by molar-refractivity contribution is 14.1. The minimum Gasteiger partial charge on any atom is -0.478 e. The van der Waals surface area contributed by atoms with Gasteiger partial charge in [-0.1, -0.05) is 6.07 Å². The van der Waals surface area contributed by atoms with Crippen LogP contribution in [0.15, 0.2) is 18.2 Å². The van der Waals surface area contributed by atoms with Crippen molar-refractivity contribution in [3.63, 3.8) is 0 Å². The molecule has 0 heterocycles. The molecular formula is C16H21IO6. The summed E-state index contributed by atoms with van der Waals surface area (Å²) < 4.78 is 21.7. The first-order valence-corrected chi connectivity index (χ1v) is 8.43. The lowest BCUT2D eigenvalue weighted by atomic mass is 10.3. The molecule has 0 saturated carbocycles. The van der Waals surface area contributed by atoms with Gasteiger partial charge in [0.1, 0.15) is 11.5 Å². The van der Waals surface area contributed by atoms with Gasteiger partial charge in [-0.15, -0.1) is 0 Å².